The summed E-state index contributed by atoms with van der Waals surface area (Å²) in [5.74, 6) is 0. The summed E-state index contributed by atoms with van der Waals surface area (Å²) in [5, 5.41) is 0. The molecule has 5 heteroatoms. The first-order chi connectivity index (χ1) is 7.48. The van der Waals surface area contributed by atoms with Crippen molar-refractivity contribution in [3.63, 3.8) is 0 Å². The molecule has 2 rings (SSSR count). The molecule has 0 amide bonds. The zero-order chi connectivity index (χ0) is 11.8. The molecular formula is C11H17N3OS. The minimum Gasteiger partial charge on any atom is -0.330 e. The van der Waals surface area contributed by atoms with Crippen molar-refractivity contribution in [3.8, 4) is 0 Å². The van der Waals surface area contributed by atoms with E-state index in [1.807, 2.05) is 27.1 Å². The van der Waals surface area contributed by atoms with E-state index in [0.717, 1.165) is 30.8 Å². The van der Waals surface area contributed by atoms with Crippen LogP contribution in [0, 0.1) is 0 Å². The van der Waals surface area contributed by atoms with Gasteiger partial charge in [0, 0.05) is 6.54 Å². The van der Waals surface area contributed by atoms with E-state index in [0.29, 0.717) is 0 Å². The lowest BCUT2D eigenvalue weighted by atomic mass is 10.1. The molecule has 0 aliphatic carbocycles. The second-order valence-electron chi connectivity index (χ2n) is 4.98. The van der Waals surface area contributed by atoms with Crippen molar-refractivity contribution in [2.45, 2.75) is 44.9 Å². The predicted molar refractivity (Wildman–Crippen MR) is 65.9 cm³/mol. The van der Waals surface area contributed by atoms with Crippen LogP contribution in [0.1, 0.15) is 39.3 Å². The van der Waals surface area contributed by atoms with Gasteiger partial charge in [0.15, 0.2) is 0 Å². The Morgan fingerprint density at radius 3 is 2.94 bits per heavy atom. The van der Waals surface area contributed by atoms with E-state index in [1.165, 1.54) is 0 Å². The standard InChI is InChI=1S/C11H17N3OS/c1-11(2,3)16(15)13-9-5-4-6-14-8-12-7-10(9)14/h7-8H,4-6H2,1-3H3. The maximum Gasteiger partial charge on any atom is 0.145 e. The molecule has 2 heterocycles. The fourth-order valence-electron chi connectivity index (χ4n) is 1.61. The normalized spacial score (nSPS) is 20.8. The molecule has 4 nitrogen and oxygen atoms in total. The van der Waals surface area contributed by atoms with Crippen LogP contribution in [0.15, 0.2) is 16.9 Å². The average molecular weight is 239 g/mol. The molecule has 0 aromatic carbocycles. The SMILES string of the molecule is CC(C)(C)S(=O)N=C1CCCn2cncc21. The van der Waals surface area contributed by atoms with Crippen LogP contribution >= 0.6 is 0 Å². The highest BCUT2D eigenvalue weighted by Crippen LogP contribution is 2.19. The van der Waals surface area contributed by atoms with E-state index < -0.39 is 11.0 Å². The van der Waals surface area contributed by atoms with Gasteiger partial charge in [-0.3, -0.25) is 0 Å². The topological polar surface area (TPSA) is 47.2 Å². The molecule has 1 unspecified atom stereocenters. The van der Waals surface area contributed by atoms with E-state index in [-0.39, 0.29) is 4.75 Å². The maximum atomic E-state index is 12.0. The summed E-state index contributed by atoms with van der Waals surface area (Å²) in [6.07, 6.45) is 5.55. The van der Waals surface area contributed by atoms with Crippen molar-refractivity contribution in [2.24, 2.45) is 4.40 Å². The van der Waals surface area contributed by atoms with Gasteiger partial charge in [0.25, 0.3) is 0 Å². The molecular weight excluding hydrogens is 222 g/mol. The number of hydrogen-bond acceptors (Lipinski definition) is 2. The number of nitrogens with zero attached hydrogens (tertiary/aromatic N) is 3. The lowest BCUT2D eigenvalue weighted by Crippen LogP contribution is -2.23. The highest BCUT2D eigenvalue weighted by atomic mass is 32.2. The van der Waals surface area contributed by atoms with Crippen molar-refractivity contribution < 1.29 is 4.21 Å². The summed E-state index contributed by atoms with van der Waals surface area (Å²) in [5.41, 5.74) is 1.95. The molecule has 0 saturated carbocycles. The van der Waals surface area contributed by atoms with Gasteiger partial charge in [-0.05, 0) is 33.6 Å². The van der Waals surface area contributed by atoms with Gasteiger partial charge in [-0.2, -0.15) is 4.40 Å². The largest absolute Gasteiger partial charge is 0.330 e. The van der Waals surface area contributed by atoms with E-state index in [1.54, 1.807) is 6.20 Å². The van der Waals surface area contributed by atoms with Crippen LogP contribution in [0.5, 0.6) is 0 Å². The molecule has 0 saturated heterocycles. The van der Waals surface area contributed by atoms with E-state index in [4.69, 9.17) is 0 Å². The minimum absolute atomic E-state index is 0.296. The van der Waals surface area contributed by atoms with Crippen LogP contribution in [0.3, 0.4) is 0 Å². The fourth-order valence-corrected chi connectivity index (χ4v) is 2.27. The van der Waals surface area contributed by atoms with Gasteiger partial charge in [0.05, 0.1) is 28.7 Å². The van der Waals surface area contributed by atoms with Crippen molar-refractivity contribution in [1.29, 1.82) is 0 Å². The number of rotatable bonds is 1. The van der Waals surface area contributed by atoms with E-state index in [2.05, 4.69) is 13.9 Å². The summed E-state index contributed by atoms with van der Waals surface area (Å²) >= 11 is 0. The van der Waals surface area contributed by atoms with Gasteiger partial charge in [-0.25, -0.2) is 9.19 Å². The van der Waals surface area contributed by atoms with Gasteiger partial charge in [0.1, 0.15) is 11.0 Å². The molecule has 1 aliphatic heterocycles. The van der Waals surface area contributed by atoms with Crippen molar-refractivity contribution >= 4 is 16.7 Å². The zero-order valence-electron chi connectivity index (χ0n) is 9.93. The number of fused-ring (bicyclic) bond motifs is 1. The Morgan fingerprint density at radius 1 is 1.50 bits per heavy atom. The first-order valence-corrected chi connectivity index (χ1v) is 6.59. The predicted octanol–water partition coefficient (Wildman–Crippen LogP) is 1.93. The van der Waals surface area contributed by atoms with E-state index >= 15 is 0 Å². The lowest BCUT2D eigenvalue weighted by molar-refractivity contribution is 0.627. The molecule has 16 heavy (non-hydrogen) atoms. The average Bonchev–Trinajstić information content (AvgIpc) is 2.65. The summed E-state index contributed by atoms with van der Waals surface area (Å²) in [4.78, 5) is 4.11. The Hall–Kier alpha value is -0.970. The second kappa shape index (κ2) is 4.13. The van der Waals surface area contributed by atoms with E-state index in [9.17, 15) is 4.21 Å². The minimum atomic E-state index is -1.18. The molecule has 0 radical (unpaired) electrons. The number of hydrogen-bond donors (Lipinski definition) is 0. The number of imidazole rings is 1. The highest BCUT2D eigenvalue weighted by Gasteiger charge is 2.22. The Kier molecular flexibility index (Phi) is 2.97. The lowest BCUT2D eigenvalue weighted by Gasteiger charge is -2.18. The van der Waals surface area contributed by atoms with Gasteiger partial charge < -0.3 is 4.57 Å². The molecule has 1 atom stereocenters. The van der Waals surface area contributed by atoms with Gasteiger partial charge in [0.2, 0.25) is 0 Å². The molecule has 88 valence electrons. The van der Waals surface area contributed by atoms with Crippen LogP contribution in [-0.2, 0) is 17.5 Å². The van der Waals surface area contributed by atoms with Gasteiger partial charge >= 0.3 is 0 Å². The summed E-state index contributed by atoms with van der Waals surface area (Å²) in [6.45, 7) is 6.80. The second-order valence-corrected chi connectivity index (χ2v) is 6.88. The molecule has 0 fully saturated rings. The van der Waals surface area contributed by atoms with Crippen LogP contribution in [0.25, 0.3) is 0 Å². The van der Waals surface area contributed by atoms with Crippen molar-refractivity contribution in [3.05, 3.63) is 18.2 Å². The highest BCUT2D eigenvalue weighted by molar-refractivity contribution is 7.85. The number of aromatic nitrogens is 2. The zero-order valence-corrected chi connectivity index (χ0v) is 10.8. The molecule has 1 aromatic rings. The third-order valence-electron chi connectivity index (χ3n) is 2.54. The monoisotopic (exact) mass is 239 g/mol. The van der Waals surface area contributed by atoms with Crippen LogP contribution in [0.2, 0.25) is 0 Å². The third-order valence-corrected chi connectivity index (χ3v) is 3.97. The molecule has 0 spiro atoms. The summed E-state index contributed by atoms with van der Waals surface area (Å²) in [7, 11) is -1.18. The molecule has 0 bridgehead atoms. The van der Waals surface area contributed by atoms with Crippen molar-refractivity contribution in [2.75, 3.05) is 0 Å². The maximum absolute atomic E-state index is 12.0. The Morgan fingerprint density at radius 2 is 2.25 bits per heavy atom. The first kappa shape index (κ1) is 11.5. The van der Waals surface area contributed by atoms with Gasteiger partial charge in [-0.1, -0.05) is 0 Å². The Bertz CT molecular complexity index is 442. The third kappa shape index (κ3) is 2.24. The summed E-state index contributed by atoms with van der Waals surface area (Å²) < 4.78 is 18.1. The Balaban J connectivity index is 2.31. The van der Waals surface area contributed by atoms with Crippen LogP contribution < -0.4 is 0 Å². The van der Waals surface area contributed by atoms with Crippen LogP contribution in [-0.4, -0.2) is 24.2 Å². The molecule has 0 N–H and O–H groups in total. The van der Waals surface area contributed by atoms with Gasteiger partial charge in [-0.15, -0.1) is 0 Å². The Labute approximate surface area is 98.4 Å². The molecule has 1 aliphatic rings. The van der Waals surface area contributed by atoms with Crippen LogP contribution in [0.4, 0.5) is 0 Å². The first-order valence-electron chi connectivity index (χ1n) is 5.48. The quantitative estimate of drug-likeness (QED) is 0.751. The van der Waals surface area contributed by atoms with Crippen molar-refractivity contribution in [1.82, 2.24) is 9.55 Å². The number of aryl methyl sites for hydroxylation is 1. The fraction of sp³-hybridized carbons (Fsp3) is 0.636. The summed E-state index contributed by atoms with van der Waals surface area (Å²) in [6, 6.07) is 0. The smallest absolute Gasteiger partial charge is 0.145 e. The molecule has 1 aromatic heterocycles.